The number of anilines is 1. The van der Waals surface area contributed by atoms with Crippen LogP contribution in [0.25, 0.3) is 21.3 Å². The van der Waals surface area contributed by atoms with Crippen LogP contribution in [-0.4, -0.2) is 50.2 Å². The number of ether oxygens (including phenoxy) is 1. The van der Waals surface area contributed by atoms with Crippen LogP contribution in [0.1, 0.15) is 29.9 Å². The average molecular weight is 536 g/mol. The zero-order chi connectivity index (χ0) is 25.7. The highest BCUT2D eigenvalue weighted by Gasteiger charge is 2.38. The second-order valence-electron chi connectivity index (χ2n) is 9.71. The van der Waals surface area contributed by atoms with E-state index in [9.17, 15) is 9.59 Å². The summed E-state index contributed by atoms with van der Waals surface area (Å²) in [6.45, 7) is 5.32. The minimum absolute atomic E-state index is 0.0780. The molecule has 8 nitrogen and oxygen atoms in total. The van der Waals surface area contributed by atoms with Crippen molar-refractivity contribution in [2.75, 3.05) is 18.5 Å². The number of benzene rings is 2. The van der Waals surface area contributed by atoms with E-state index in [1.54, 1.807) is 4.57 Å². The van der Waals surface area contributed by atoms with Crippen molar-refractivity contribution in [3.8, 4) is 10.4 Å². The van der Waals surface area contributed by atoms with E-state index in [1.165, 1.54) is 11.5 Å². The third kappa shape index (κ3) is 4.57. The van der Waals surface area contributed by atoms with E-state index >= 15 is 0 Å². The molecule has 1 amide bonds. The number of carbonyl (C=O) groups is 1. The summed E-state index contributed by atoms with van der Waals surface area (Å²) < 4.78 is 11.4. The van der Waals surface area contributed by atoms with Gasteiger partial charge >= 0.3 is 6.09 Å². The van der Waals surface area contributed by atoms with Gasteiger partial charge in [0.2, 0.25) is 0 Å². The SMILES string of the molecule is Cc1cc(-c2cc3nc(C)n(Cc4ccc(Cl)cc4)c(=O)c3cc2N[C@H]2CCN3C(=O)OC[C@@H]3C2)sn1. The lowest BCUT2D eigenvalue weighted by molar-refractivity contribution is 0.153. The third-order valence-corrected chi connectivity index (χ3v) is 8.31. The summed E-state index contributed by atoms with van der Waals surface area (Å²) in [6.07, 6.45) is 1.37. The highest BCUT2D eigenvalue weighted by atomic mass is 35.5. The highest BCUT2D eigenvalue weighted by molar-refractivity contribution is 7.09. The molecule has 190 valence electrons. The zero-order valence-electron chi connectivity index (χ0n) is 20.5. The third-order valence-electron chi connectivity index (χ3n) is 7.14. The fourth-order valence-corrected chi connectivity index (χ4v) is 6.11. The van der Waals surface area contributed by atoms with Gasteiger partial charge in [-0.05, 0) is 74.1 Å². The maximum absolute atomic E-state index is 13.7. The van der Waals surface area contributed by atoms with Crippen LogP contribution < -0.4 is 10.9 Å². The molecule has 0 unspecified atom stereocenters. The number of aromatic nitrogens is 3. The van der Waals surface area contributed by atoms with E-state index in [2.05, 4.69) is 15.8 Å². The van der Waals surface area contributed by atoms with Crippen molar-refractivity contribution in [3.63, 3.8) is 0 Å². The summed E-state index contributed by atoms with van der Waals surface area (Å²) in [7, 11) is 0. The van der Waals surface area contributed by atoms with Crippen molar-refractivity contribution in [1.82, 2.24) is 18.8 Å². The number of halogens is 1. The molecule has 2 fully saturated rings. The molecule has 0 aliphatic carbocycles. The van der Waals surface area contributed by atoms with Crippen molar-refractivity contribution in [2.45, 2.75) is 45.3 Å². The molecule has 0 bridgehead atoms. The summed E-state index contributed by atoms with van der Waals surface area (Å²) in [6, 6.07) is 13.7. The molecule has 2 saturated heterocycles. The molecule has 2 aliphatic rings. The predicted molar refractivity (Wildman–Crippen MR) is 146 cm³/mol. The van der Waals surface area contributed by atoms with Gasteiger partial charge in [-0.25, -0.2) is 9.78 Å². The minimum Gasteiger partial charge on any atom is -0.447 e. The number of fused-ring (bicyclic) bond motifs is 2. The Hall–Kier alpha value is -3.43. The number of aryl methyl sites for hydroxylation is 2. The van der Waals surface area contributed by atoms with Gasteiger partial charge in [0.25, 0.3) is 5.56 Å². The van der Waals surface area contributed by atoms with E-state index in [-0.39, 0.29) is 23.7 Å². The largest absolute Gasteiger partial charge is 0.447 e. The molecule has 2 aromatic carbocycles. The minimum atomic E-state index is -0.224. The van der Waals surface area contributed by atoms with Crippen LogP contribution in [-0.2, 0) is 11.3 Å². The highest BCUT2D eigenvalue weighted by Crippen LogP contribution is 2.36. The van der Waals surface area contributed by atoms with Gasteiger partial charge in [0.1, 0.15) is 12.4 Å². The smallest absolute Gasteiger partial charge is 0.410 e. The quantitative estimate of drug-likeness (QED) is 0.376. The van der Waals surface area contributed by atoms with Crippen LogP contribution in [0.3, 0.4) is 0 Å². The molecule has 1 N–H and O–H groups in total. The van der Waals surface area contributed by atoms with Gasteiger partial charge in [-0.3, -0.25) is 9.36 Å². The Bertz CT molecular complexity index is 1570. The Morgan fingerprint density at radius 3 is 2.73 bits per heavy atom. The van der Waals surface area contributed by atoms with Gasteiger partial charge in [0.15, 0.2) is 0 Å². The van der Waals surface area contributed by atoms with E-state index < -0.39 is 0 Å². The normalized spacial score (nSPS) is 19.2. The van der Waals surface area contributed by atoms with Crippen LogP contribution >= 0.6 is 23.1 Å². The summed E-state index contributed by atoms with van der Waals surface area (Å²) in [5, 5.41) is 4.91. The average Bonchev–Trinajstić information content (AvgIpc) is 3.48. The topological polar surface area (TPSA) is 89.4 Å². The van der Waals surface area contributed by atoms with Crippen LogP contribution in [0.2, 0.25) is 5.02 Å². The van der Waals surface area contributed by atoms with Crippen molar-refractivity contribution >= 4 is 45.8 Å². The lowest BCUT2D eigenvalue weighted by Crippen LogP contribution is -2.45. The number of nitrogens with zero attached hydrogens (tertiary/aromatic N) is 4. The number of rotatable bonds is 5. The first-order valence-electron chi connectivity index (χ1n) is 12.3. The van der Waals surface area contributed by atoms with E-state index in [0.717, 1.165) is 40.2 Å². The molecule has 10 heteroatoms. The van der Waals surface area contributed by atoms with Crippen LogP contribution in [0, 0.1) is 13.8 Å². The van der Waals surface area contributed by atoms with Gasteiger partial charge in [0.05, 0.1) is 34.1 Å². The molecule has 2 atom stereocenters. The van der Waals surface area contributed by atoms with E-state index in [4.69, 9.17) is 21.3 Å². The van der Waals surface area contributed by atoms with Gasteiger partial charge in [-0.1, -0.05) is 23.7 Å². The molecule has 4 heterocycles. The molecule has 6 rings (SSSR count). The molecule has 0 radical (unpaired) electrons. The molecule has 37 heavy (non-hydrogen) atoms. The number of carbonyl (C=O) groups excluding carboxylic acids is 1. The van der Waals surface area contributed by atoms with Crippen molar-refractivity contribution in [1.29, 1.82) is 0 Å². The number of cyclic esters (lactones) is 1. The Kier molecular flexibility index (Phi) is 6.12. The van der Waals surface area contributed by atoms with Gasteiger partial charge in [-0.2, -0.15) is 4.37 Å². The first-order valence-corrected chi connectivity index (χ1v) is 13.4. The first-order chi connectivity index (χ1) is 17.9. The fourth-order valence-electron chi connectivity index (χ4n) is 5.20. The van der Waals surface area contributed by atoms with Gasteiger partial charge < -0.3 is 15.0 Å². The van der Waals surface area contributed by atoms with E-state index in [0.29, 0.717) is 41.4 Å². The Labute approximate surface area is 223 Å². The fraction of sp³-hybridized carbons (Fsp3) is 0.333. The maximum atomic E-state index is 13.7. The Morgan fingerprint density at radius 1 is 1.16 bits per heavy atom. The summed E-state index contributed by atoms with van der Waals surface area (Å²) in [5.41, 5.74) is 4.35. The lowest BCUT2D eigenvalue weighted by Gasteiger charge is -2.33. The lowest BCUT2D eigenvalue weighted by atomic mass is 9.97. The van der Waals surface area contributed by atoms with Crippen LogP contribution in [0.4, 0.5) is 10.5 Å². The van der Waals surface area contributed by atoms with Gasteiger partial charge in [-0.15, -0.1) is 0 Å². The monoisotopic (exact) mass is 535 g/mol. The molecular weight excluding hydrogens is 510 g/mol. The molecule has 2 aromatic heterocycles. The second-order valence-corrected chi connectivity index (χ2v) is 11.0. The molecule has 4 aromatic rings. The zero-order valence-corrected chi connectivity index (χ0v) is 22.1. The van der Waals surface area contributed by atoms with Crippen molar-refractivity contribution < 1.29 is 9.53 Å². The molecule has 0 saturated carbocycles. The van der Waals surface area contributed by atoms with E-state index in [1.807, 2.05) is 55.1 Å². The first kappa shape index (κ1) is 23.9. The van der Waals surface area contributed by atoms with Gasteiger partial charge in [0, 0.05) is 28.9 Å². The molecular formula is C27H26ClN5O3S. The second kappa shape index (κ2) is 9.46. The van der Waals surface area contributed by atoms with Crippen LogP contribution in [0.15, 0.2) is 47.3 Å². The van der Waals surface area contributed by atoms with Crippen LogP contribution in [0.5, 0.6) is 0 Å². The summed E-state index contributed by atoms with van der Waals surface area (Å²) >= 11 is 7.47. The number of nitrogens with one attached hydrogen (secondary N) is 1. The Balaban J connectivity index is 1.41. The standard InChI is InChI=1S/C27H26ClN5O3S/c1-15-9-25(37-31-15)21-11-24-22(12-23(21)30-19-7-8-32-20(10-19)14-36-27(32)35)26(34)33(16(2)29-24)13-17-3-5-18(28)6-4-17/h3-6,9,11-12,19-20,30H,7-8,10,13-14H2,1-2H3/t19-,20-/m0/s1. The number of amides is 1. The Morgan fingerprint density at radius 2 is 1.97 bits per heavy atom. The molecule has 2 aliphatic heterocycles. The number of hydrogen-bond acceptors (Lipinski definition) is 7. The number of hydrogen-bond donors (Lipinski definition) is 1. The maximum Gasteiger partial charge on any atom is 0.410 e. The summed E-state index contributed by atoms with van der Waals surface area (Å²) in [4.78, 5) is 33.3. The van der Waals surface area contributed by atoms with Crippen molar-refractivity contribution in [3.05, 3.63) is 74.9 Å². The number of piperidine rings is 1. The van der Waals surface area contributed by atoms with Crippen molar-refractivity contribution in [2.24, 2.45) is 0 Å². The summed E-state index contributed by atoms with van der Waals surface area (Å²) in [5.74, 6) is 0.651. The predicted octanol–water partition coefficient (Wildman–Crippen LogP) is 5.23. The molecule has 0 spiro atoms.